The molecule has 0 radical (unpaired) electrons. The quantitative estimate of drug-likeness (QED) is 0.896. The summed E-state index contributed by atoms with van der Waals surface area (Å²) in [6, 6.07) is 1.93. The van der Waals surface area contributed by atoms with Gasteiger partial charge >= 0.3 is 0 Å². The van der Waals surface area contributed by atoms with Crippen LogP contribution in [0.25, 0.3) is 11.5 Å². The largest absolute Gasteiger partial charge is 0.383 e. The molecule has 2 N–H and O–H groups in total. The number of nitrogens with zero attached hydrogens (tertiary/aromatic N) is 4. The first-order valence-electron chi connectivity index (χ1n) is 6.32. The van der Waals surface area contributed by atoms with Crippen molar-refractivity contribution in [2.45, 2.75) is 40.2 Å². The van der Waals surface area contributed by atoms with Gasteiger partial charge in [0.15, 0.2) is 5.82 Å². The summed E-state index contributed by atoms with van der Waals surface area (Å²) < 4.78 is 1.92. The third-order valence-electron chi connectivity index (χ3n) is 3.00. The summed E-state index contributed by atoms with van der Waals surface area (Å²) in [7, 11) is 0. The van der Waals surface area contributed by atoms with Crippen molar-refractivity contribution in [3.8, 4) is 11.5 Å². The fourth-order valence-corrected chi connectivity index (χ4v) is 1.95. The van der Waals surface area contributed by atoms with E-state index in [0.29, 0.717) is 11.6 Å². The second-order valence-electron chi connectivity index (χ2n) is 4.30. The molecule has 2 aromatic heterocycles. The number of rotatable bonds is 4. The summed E-state index contributed by atoms with van der Waals surface area (Å²) in [5, 5.41) is 4.29. The highest BCUT2D eigenvalue weighted by atomic mass is 15.3. The van der Waals surface area contributed by atoms with Crippen molar-refractivity contribution in [3.63, 3.8) is 0 Å². The van der Waals surface area contributed by atoms with E-state index < -0.39 is 0 Å². The van der Waals surface area contributed by atoms with E-state index in [0.717, 1.165) is 36.3 Å². The Kier molecular flexibility index (Phi) is 3.60. The van der Waals surface area contributed by atoms with Crippen LogP contribution >= 0.6 is 0 Å². The van der Waals surface area contributed by atoms with Gasteiger partial charge in [0.2, 0.25) is 0 Å². The SMILES string of the molecule is CCCn1nccc1-c1nc(N)c(C)c(CC)n1. The Balaban J connectivity index is 2.50. The van der Waals surface area contributed by atoms with Crippen LogP contribution in [0, 0.1) is 6.92 Å². The van der Waals surface area contributed by atoms with E-state index in [1.54, 1.807) is 6.20 Å². The molecule has 2 rings (SSSR count). The van der Waals surface area contributed by atoms with Gasteiger partial charge in [0, 0.05) is 24.0 Å². The summed E-state index contributed by atoms with van der Waals surface area (Å²) in [5.74, 6) is 1.22. The Morgan fingerprint density at radius 2 is 2.06 bits per heavy atom. The van der Waals surface area contributed by atoms with Crippen molar-refractivity contribution in [2.75, 3.05) is 5.73 Å². The zero-order valence-corrected chi connectivity index (χ0v) is 11.1. The highest BCUT2D eigenvalue weighted by Gasteiger charge is 2.12. The van der Waals surface area contributed by atoms with Gasteiger partial charge in [-0.2, -0.15) is 5.10 Å². The average molecular weight is 245 g/mol. The highest BCUT2D eigenvalue weighted by Crippen LogP contribution is 2.20. The van der Waals surface area contributed by atoms with Crippen LogP contribution in [-0.4, -0.2) is 19.7 Å². The average Bonchev–Trinajstić information content (AvgIpc) is 2.81. The minimum atomic E-state index is 0.557. The van der Waals surface area contributed by atoms with Crippen molar-refractivity contribution in [1.82, 2.24) is 19.7 Å². The molecule has 0 fully saturated rings. The van der Waals surface area contributed by atoms with Gasteiger partial charge in [0.05, 0.1) is 0 Å². The Hall–Kier alpha value is -1.91. The summed E-state index contributed by atoms with van der Waals surface area (Å²) in [6.07, 6.45) is 3.65. The van der Waals surface area contributed by atoms with E-state index in [2.05, 4.69) is 28.9 Å². The fraction of sp³-hybridized carbons (Fsp3) is 0.462. The minimum Gasteiger partial charge on any atom is -0.383 e. The minimum absolute atomic E-state index is 0.557. The normalized spacial score (nSPS) is 10.8. The lowest BCUT2D eigenvalue weighted by Crippen LogP contribution is -2.08. The maximum absolute atomic E-state index is 5.95. The molecular weight excluding hydrogens is 226 g/mol. The lowest BCUT2D eigenvalue weighted by Gasteiger charge is -2.10. The van der Waals surface area contributed by atoms with E-state index >= 15 is 0 Å². The third-order valence-corrected chi connectivity index (χ3v) is 3.00. The van der Waals surface area contributed by atoms with Crippen molar-refractivity contribution >= 4 is 5.82 Å². The fourth-order valence-electron chi connectivity index (χ4n) is 1.95. The van der Waals surface area contributed by atoms with Crippen LogP contribution in [0.2, 0.25) is 0 Å². The summed E-state index contributed by atoms with van der Waals surface area (Å²) in [4.78, 5) is 8.96. The van der Waals surface area contributed by atoms with Crippen LogP contribution in [0.5, 0.6) is 0 Å². The standard InChI is InChI=1S/C13H19N5/c1-4-8-18-11(6-7-15-18)13-16-10(5-2)9(3)12(14)17-13/h6-7H,4-5,8H2,1-3H3,(H2,14,16,17). The molecule has 0 bridgehead atoms. The van der Waals surface area contributed by atoms with Crippen LogP contribution < -0.4 is 5.73 Å². The molecule has 0 aromatic carbocycles. The molecule has 0 spiro atoms. The smallest absolute Gasteiger partial charge is 0.180 e. The molecule has 18 heavy (non-hydrogen) atoms. The Labute approximate surface area is 107 Å². The maximum Gasteiger partial charge on any atom is 0.180 e. The molecule has 0 amide bonds. The molecule has 2 aromatic rings. The molecule has 0 saturated heterocycles. The molecule has 0 aliphatic heterocycles. The lowest BCUT2D eigenvalue weighted by molar-refractivity contribution is 0.606. The van der Waals surface area contributed by atoms with Crippen LogP contribution in [0.1, 0.15) is 31.5 Å². The van der Waals surface area contributed by atoms with Gasteiger partial charge in [-0.1, -0.05) is 13.8 Å². The van der Waals surface area contributed by atoms with E-state index in [4.69, 9.17) is 5.73 Å². The molecule has 5 heteroatoms. The van der Waals surface area contributed by atoms with Crippen molar-refractivity contribution in [2.24, 2.45) is 0 Å². The summed E-state index contributed by atoms with van der Waals surface area (Å²) >= 11 is 0. The van der Waals surface area contributed by atoms with Crippen LogP contribution in [0.4, 0.5) is 5.82 Å². The van der Waals surface area contributed by atoms with Crippen LogP contribution in [0.15, 0.2) is 12.3 Å². The first-order chi connectivity index (χ1) is 8.67. The molecule has 2 heterocycles. The monoisotopic (exact) mass is 245 g/mol. The Morgan fingerprint density at radius 1 is 1.28 bits per heavy atom. The topological polar surface area (TPSA) is 69.6 Å². The molecule has 96 valence electrons. The Morgan fingerprint density at radius 3 is 2.72 bits per heavy atom. The van der Waals surface area contributed by atoms with Crippen molar-refractivity contribution in [3.05, 3.63) is 23.5 Å². The molecule has 5 nitrogen and oxygen atoms in total. The number of nitrogens with two attached hydrogens (primary N) is 1. The maximum atomic E-state index is 5.95. The van der Waals surface area contributed by atoms with Gasteiger partial charge in [-0.3, -0.25) is 4.68 Å². The lowest BCUT2D eigenvalue weighted by atomic mass is 10.2. The Bertz CT molecular complexity index is 544. The van der Waals surface area contributed by atoms with Crippen LogP contribution in [0.3, 0.4) is 0 Å². The van der Waals surface area contributed by atoms with Gasteiger partial charge in [0.1, 0.15) is 11.5 Å². The first kappa shape index (κ1) is 12.5. The molecule has 0 unspecified atom stereocenters. The number of hydrogen-bond acceptors (Lipinski definition) is 4. The number of nitrogen functional groups attached to an aromatic ring is 1. The molecule has 0 aliphatic rings. The number of hydrogen-bond donors (Lipinski definition) is 1. The predicted octanol–water partition coefficient (Wildman–Crippen LogP) is 2.20. The van der Waals surface area contributed by atoms with Gasteiger partial charge in [-0.05, 0) is 25.8 Å². The molecule has 0 atom stereocenters. The number of aryl methyl sites for hydroxylation is 2. The molecular formula is C13H19N5. The zero-order chi connectivity index (χ0) is 13.1. The van der Waals surface area contributed by atoms with E-state index in [-0.39, 0.29) is 0 Å². The second-order valence-corrected chi connectivity index (χ2v) is 4.30. The van der Waals surface area contributed by atoms with E-state index in [1.165, 1.54) is 0 Å². The van der Waals surface area contributed by atoms with E-state index in [9.17, 15) is 0 Å². The van der Waals surface area contributed by atoms with Crippen LogP contribution in [-0.2, 0) is 13.0 Å². The van der Waals surface area contributed by atoms with Gasteiger partial charge in [-0.25, -0.2) is 9.97 Å². The van der Waals surface area contributed by atoms with Crippen molar-refractivity contribution < 1.29 is 0 Å². The zero-order valence-electron chi connectivity index (χ0n) is 11.1. The van der Waals surface area contributed by atoms with E-state index in [1.807, 2.05) is 17.7 Å². The number of aromatic nitrogens is 4. The summed E-state index contributed by atoms with van der Waals surface area (Å²) in [5.41, 5.74) is 8.85. The summed E-state index contributed by atoms with van der Waals surface area (Å²) in [6.45, 7) is 7.01. The highest BCUT2D eigenvalue weighted by molar-refractivity contribution is 5.54. The van der Waals surface area contributed by atoms with Gasteiger partial charge in [-0.15, -0.1) is 0 Å². The molecule has 0 saturated carbocycles. The van der Waals surface area contributed by atoms with Gasteiger partial charge < -0.3 is 5.73 Å². The van der Waals surface area contributed by atoms with Gasteiger partial charge in [0.25, 0.3) is 0 Å². The predicted molar refractivity (Wildman–Crippen MR) is 72.1 cm³/mol. The number of anilines is 1. The molecule has 0 aliphatic carbocycles. The van der Waals surface area contributed by atoms with Crippen molar-refractivity contribution in [1.29, 1.82) is 0 Å². The second kappa shape index (κ2) is 5.16. The first-order valence-corrected chi connectivity index (χ1v) is 6.32. The third kappa shape index (κ3) is 2.20.